The van der Waals surface area contributed by atoms with E-state index in [1.807, 2.05) is 60.4 Å². The van der Waals surface area contributed by atoms with Gasteiger partial charge < -0.3 is 10.6 Å². The average molecular weight is 345 g/mol. The SMILES string of the molecule is CC1CCN(C(=O)C(C)C(N)c2ccccc2)c2ccccc21.Cl. The number of hydrogen-bond donors (Lipinski definition) is 1. The standard InChI is InChI=1S/C20H24N2O.ClH/c1-14-12-13-22(18-11-7-6-10-17(14)18)20(23)15(2)19(21)16-8-4-3-5-9-16;/h3-11,14-15,19H,12-13,21H2,1-2H3;1H. The van der Waals surface area contributed by atoms with E-state index >= 15 is 0 Å². The van der Waals surface area contributed by atoms with Crippen LogP contribution in [0.3, 0.4) is 0 Å². The number of carbonyl (C=O) groups is 1. The van der Waals surface area contributed by atoms with Crippen molar-refractivity contribution in [1.29, 1.82) is 0 Å². The Kier molecular flexibility index (Phi) is 6.03. The Morgan fingerprint density at radius 1 is 1.12 bits per heavy atom. The van der Waals surface area contributed by atoms with Crippen molar-refractivity contribution in [2.45, 2.75) is 32.2 Å². The first-order valence-electron chi connectivity index (χ1n) is 8.30. The quantitative estimate of drug-likeness (QED) is 0.903. The number of nitrogens with two attached hydrogens (primary N) is 1. The molecule has 1 amide bonds. The Morgan fingerprint density at radius 2 is 1.75 bits per heavy atom. The van der Waals surface area contributed by atoms with Gasteiger partial charge in [0.15, 0.2) is 0 Å². The lowest BCUT2D eigenvalue weighted by Gasteiger charge is -2.35. The maximum atomic E-state index is 13.0. The number of rotatable bonds is 3. The lowest BCUT2D eigenvalue weighted by Crippen LogP contribution is -2.42. The normalized spacial score (nSPS) is 19.0. The van der Waals surface area contributed by atoms with Gasteiger partial charge in [-0.3, -0.25) is 4.79 Å². The van der Waals surface area contributed by atoms with Gasteiger partial charge in [0.1, 0.15) is 0 Å². The topological polar surface area (TPSA) is 46.3 Å². The van der Waals surface area contributed by atoms with Crippen LogP contribution in [0, 0.1) is 5.92 Å². The smallest absolute Gasteiger partial charge is 0.231 e. The Morgan fingerprint density at radius 3 is 2.46 bits per heavy atom. The molecule has 1 aliphatic rings. The fraction of sp³-hybridized carbons (Fsp3) is 0.350. The van der Waals surface area contributed by atoms with Crippen LogP contribution < -0.4 is 10.6 Å². The van der Waals surface area contributed by atoms with Gasteiger partial charge in [0.25, 0.3) is 0 Å². The first kappa shape index (κ1) is 18.5. The Balaban J connectivity index is 0.00000208. The van der Waals surface area contributed by atoms with E-state index in [1.165, 1.54) is 5.56 Å². The molecule has 3 nitrogen and oxygen atoms in total. The molecule has 0 aromatic heterocycles. The molecule has 3 unspecified atom stereocenters. The van der Waals surface area contributed by atoms with Crippen molar-refractivity contribution in [3.05, 3.63) is 65.7 Å². The summed E-state index contributed by atoms with van der Waals surface area (Å²) in [4.78, 5) is 14.9. The second kappa shape index (κ2) is 7.82. The number of anilines is 1. The molecule has 3 rings (SSSR count). The van der Waals surface area contributed by atoms with Crippen molar-refractivity contribution in [2.24, 2.45) is 11.7 Å². The number of nitrogens with zero attached hydrogens (tertiary/aromatic N) is 1. The molecule has 128 valence electrons. The van der Waals surface area contributed by atoms with Crippen LogP contribution in [0.15, 0.2) is 54.6 Å². The highest BCUT2D eigenvalue weighted by atomic mass is 35.5. The van der Waals surface area contributed by atoms with Gasteiger partial charge in [0.2, 0.25) is 5.91 Å². The zero-order chi connectivity index (χ0) is 16.4. The largest absolute Gasteiger partial charge is 0.323 e. The van der Waals surface area contributed by atoms with Gasteiger partial charge in [0, 0.05) is 18.3 Å². The summed E-state index contributed by atoms with van der Waals surface area (Å²) < 4.78 is 0. The number of benzene rings is 2. The van der Waals surface area contributed by atoms with E-state index < -0.39 is 0 Å². The highest BCUT2D eigenvalue weighted by Gasteiger charge is 2.31. The molecule has 3 atom stereocenters. The molecule has 4 heteroatoms. The van der Waals surface area contributed by atoms with Crippen LogP contribution in [-0.4, -0.2) is 12.5 Å². The van der Waals surface area contributed by atoms with Crippen LogP contribution in [0.5, 0.6) is 0 Å². The molecule has 24 heavy (non-hydrogen) atoms. The second-order valence-electron chi connectivity index (χ2n) is 6.46. The second-order valence-corrected chi connectivity index (χ2v) is 6.46. The summed E-state index contributed by atoms with van der Waals surface area (Å²) in [5.41, 5.74) is 9.65. The molecule has 1 heterocycles. The van der Waals surface area contributed by atoms with Gasteiger partial charge >= 0.3 is 0 Å². The number of para-hydroxylation sites is 1. The van der Waals surface area contributed by atoms with Gasteiger partial charge in [-0.05, 0) is 29.5 Å². The summed E-state index contributed by atoms with van der Waals surface area (Å²) in [6.45, 7) is 4.92. The van der Waals surface area contributed by atoms with Crippen molar-refractivity contribution >= 4 is 24.0 Å². The van der Waals surface area contributed by atoms with E-state index in [0.29, 0.717) is 5.92 Å². The van der Waals surface area contributed by atoms with Crippen molar-refractivity contribution in [1.82, 2.24) is 0 Å². The minimum atomic E-state index is -0.282. The summed E-state index contributed by atoms with van der Waals surface area (Å²) in [6, 6.07) is 17.8. The van der Waals surface area contributed by atoms with Crippen LogP contribution in [0.2, 0.25) is 0 Å². The van der Waals surface area contributed by atoms with Crippen LogP contribution in [0.25, 0.3) is 0 Å². The summed E-state index contributed by atoms with van der Waals surface area (Å²) in [5.74, 6) is 0.355. The molecular weight excluding hydrogens is 320 g/mol. The molecule has 0 bridgehead atoms. The molecular formula is C20H25ClN2O. The molecule has 0 spiro atoms. The number of hydrogen-bond acceptors (Lipinski definition) is 2. The third-order valence-electron chi connectivity index (χ3n) is 4.92. The van der Waals surface area contributed by atoms with Gasteiger partial charge in [-0.1, -0.05) is 62.4 Å². The van der Waals surface area contributed by atoms with E-state index in [-0.39, 0.29) is 30.3 Å². The maximum absolute atomic E-state index is 13.0. The first-order valence-corrected chi connectivity index (χ1v) is 8.30. The summed E-state index contributed by atoms with van der Waals surface area (Å²) >= 11 is 0. The fourth-order valence-corrected chi connectivity index (χ4v) is 3.34. The third-order valence-corrected chi connectivity index (χ3v) is 4.92. The van der Waals surface area contributed by atoms with Crippen LogP contribution in [0.4, 0.5) is 5.69 Å². The fourth-order valence-electron chi connectivity index (χ4n) is 3.34. The number of carbonyl (C=O) groups excluding carboxylic acids is 1. The zero-order valence-corrected chi connectivity index (χ0v) is 15.0. The first-order chi connectivity index (χ1) is 11.1. The molecule has 2 aromatic carbocycles. The third kappa shape index (κ3) is 3.47. The van der Waals surface area contributed by atoms with Crippen molar-refractivity contribution in [2.75, 3.05) is 11.4 Å². The maximum Gasteiger partial charge on any atom is 0.231 e. The minimum absolute atomic E-state index is 0. The predicted octanol–water partition coefficient (Wildman–Crippen LogP) is 4.28. The molecule has 1 aliphatic heterocycles. The molecule has 0 aliphatic carbocycles. The van der Waals surface area contributed by atoms with Crippen LogP contribution in [-0.2, 0) is 4.79 Å². The Hall–Kier alpha value is -1.84. The van der Waals surface area contributed by atoms with Crippen molar-refractivity contribution in [3.63, 3.8) is 0 Å². The summed E-state index contributed by atoms with van der Waals surface area (Å²) in [5, 5.41) is 0. The van der Waals surface area contributed by atoms with E-state index in [2.05, 4.69) is 13.0 Å². The Bertz CT molecular complexity index is 689. The van der Waals surface area contributed by atoms with E-state index in [0.717, 1.165) is 24.2 Å². The molecule has 0 saturated carbocycles. The predicted molar refractivity (Wildman–Crippen MR) is 102 cm³/mol. The number of halogens is 1. The average Bonchev–Trinajstić information content (AvgIpc) is 2.61. The summed E-state index contributed by atoms with van der Waals surface area (Å²) in [6.07, 6.45) is 0.996. The molecule has 0 saturated heterocycles. The lowest BCUT2D eigenvalue weighted by molar-refractivity contribution is -0.122. The minimum Gasteiger partial charge on any atom is -0.323 e. The van der Waals surface area contributed by atoms with E-state index in [4.69, 9.17) is 5.73 Å². The van der Waals surface area contributed by atoms with Crippen LogP contribution >= 0.6 is 12.4 Å². The molecule has 0 radical (unpaired) electrons. The highest BCUT2D eigenvalue weighted by Crippen LogP contribution is 2.36. The molecule has 0 fully saturated rings. The van der Waals surface area contributed by atoms with Gasteiger partial charge in [-0.15, -0.1) is 12.4 Å². The highest BCUT2D eigenvalue weighted by molar-refractivity contribution is 5.96. The lowest BCUT2D eigenvalue weighted by atomic mass is 9.89. The van der Waals surface area contributed by atoms with Gasteiger partial charge in [-0.2, -0.15) is 0 Å². The van der Waals surface area contributed by atoms with Gasteiger partial charge in [-0.25, -0.2) is 0 Å². The van der Waals surface area contributed by atoms with Crippen LogP contribution in [0.1, 0.15) is 43.4 Å². The van der Waals surface area contributed by atoms with Gasteiger partial charge in [0.05, 0.1) is 5.92 Å². The zero-order valence-electron chi connectivity index (χ0n) is 14.2. The number of amides is 1. The Labute approximate surface area is 150 Å². The monoisotopic (exact) mass is 344 g/mol. The van der Waals surface area contributed by atoms with E-state index in [9.17, 15) is 4.79 Å². The summed E-state index contributed by atoms with van der Waals surface area (Å²) in [7, 11) is 0. The van der Waals surface area contributed by atoms with Crippen molar-refractivity contribution in [3.8, 4) is 0 Å². The number of fused-ring (bicyclic) bond motifs is 1. The molecule has 2 aromatic rings. The molecule has 2 N–H and O–H groups in total. The van der Waals surface area contributed by atoms with Crippen molar-refractivity contribution < 1.29 is 4.79 Å². The van der Waals surface area contributed by atoms with E-state index in [1.54, 1.807) is 0 Å².